The van der Waals surface area contributed by atoms with Crippen LogP contribution in [0.5, 0.6) is 0 Å². The van der Waals surface area contributed by atoms with Crippen LogP contribution < -0.4 is 16.0 Å². The zero-order valence-electron chi connectivity index (χ0n) is 37.1. The average molecular weight is 856 g/mol. The predicted octanol–water partition coefficient (Wildman–Crippen LogP) is 4.41. The number of ketones is 1. The summed E-state index contributed by atoms with van der Waals surface area (Å²) in [6.45, 7) is 14.6. The van der Waals surface area contributed by atoms with E-state index in [4.69, 9.17) is 14.2 Å². The van der Waals surface area contributed by atoms with Gasteiger partial charge in [0.15, 0.2) is 18.5 Å². The number of likely N-dealkylation sites (N-methyl/N-ethyl adjacent to an activating group) is 1. The third-order valence-corrected chi connectivity index (χ3v) is 12.4. The average Bonchev–Trinajstić information content (AvgIpc) is 3.84. The minimum atomic E-state index is -1.32. The molecule has 0 aromatic heterocycles. The molecule has 334 valence electrons. The molecule has 2 heterocycles. The zero-order valence-corrected chi connectivity index (χ0v) is 37.1. The van der Waals surface area contributed by atoms with E-state index in [1.807, 2.05) is 49.4 Å². The van der Waals surface area contributed by atoms with Crippen molar-refractivity contribution in [1.29, 1.82) is 0 Å². The highest BCUT2D eigenvalue weighted by Gasteiger charge is 2.71. The number of nitrogens with zero attached hydrogens (tertiary/aromatic N) is 2. The molecule has 15 nitrogen and oxygen atoms in total. The van der Waals surface area contributed by atoms with Gasteiger partial charge in [-0.05, 0) is 102 Å². The number of allylic oxidation sites excluding steroid dienone is 1. The molecule has 1 aliphatic carbocycles. The van der Waals surface area contributed by atoms with Crippen LogP contribution in [-0.4, -0.2) is 109 Å². The van der Waals surface area contributed by atoms with Gasteiger partial charge in [-0.25, -0.2) is 0 Å². The number of hydrogen-bond acceptors (Lipinski definition) is 11. The normalized spacial score (nSPS) is 24.3. The summed E-state index contributed by atoms with van der Waals surface area (Å²) in [5.41, 5.74) is 2.37. The van der Waals surface area contributed by atoms with Gasteiger partial charge in [0.2, 0.25) is 23.5 Å². The molecule has 15 heteroatoms. The molecule has 0 radical (unpaired) electrons. The van der Waals surface area contributed by atoms with Crippen molar-refractivity contribution in [2.75, 3.05) is 39.1 Å². The van der Waals surface area contributed by atoms with E-state index in [0.29, 0.717) is 24.9 Å². The first kappa shape index (κ1) is 47.5. The van der Waals surface area contributed by atoms with Crippen LogP contribution in [0.3, 0.4) is 0 Å². The van der Waals surface area contributed by atoms with Gasteiger partial charge in [-0.3, -0.25) is 43.4 Å². The van der Waals surface area contributed by atoms with Crippen LogP contribution in [0.15, 0.2) is 72.8 Å². The largest absolute Gasteiger partial charge is 0.457 e. The highest BCUT2D eigenvalue weighted by atomic mass is 16.7. The Morgan fingerprint density at radius 3 is 2.24 bits per heavy atom. The molecule has 2 aromatic rings. The first-order valence-electron chi connectivity index (χ1n) is 21.2. The quantitative estimate of drug-likeness (QED) is 0.0973. The summed E-state index contributed by atoms with van der Waals surface area (Å²) < 4.78 is 19.0. The van der Waals surface area contributed by atoms with Crippen LogP contribution in [0.1, 0.15) is 90.2 Å². The second kappa shape index (κ2) is 20.1. The molecule has 5 rings (SSSR count). The minimum absolute atomic E-state index is 0.0547. The second-order valence-electron chi connectivity index (χ2n) is 17.4. The molecular formula is C47H61N5O10. The topological polar surface area (TPSA) is 190 Å². The minimum Gasteiger partial charge on any atom is -0.457 e. The van der Waals surface area contributed by atoms with Crippen LogP contribution in [0.25, 0.3) is 0 Å². The van der Waals surface area contributed by atoms with Gasteiger partial charge >= 0.3 is 5.97 Å². The molecule has 2 fully saturated rings. The van der Waals surface area contributed by atoms with E-state index in [1.165, 1.54) is 13.8 Å². The lowest BCUT2D eigenvalue weighted by atomic mass is 9.63. The Morgan fingerprint density at radius 1 is 0.952 bits per heavy atom. The molecule has 8 atom stereocenters. The maximum atomic E-state index is 14.4. The molecule has 2 aromatic carbocycles. The monoisotopic (exact) mass is 855 g/mol. The molecule has 1 saturated carbocycles. The fourth-order valence-electron chi connectivity index (χ4n) is 8.86. The van der Waals surface area contributed by atoms with Crippen molar-refractivity contribution in [1.82, 2.24) is 20.4 Å². The van der Waals surface area contributed by atoms with Crippen LogP contribution in [0, 0.1) is 17.3 Å². The number of esters is 1. The summed E-state index contributed by atoms with van der Waals surface area (Å²) >= 11 is 0. The smallest absolute Gasteiger partial charge is 0.320 e. The first-order valence-corrected chi connectivity index (χ1v) is 21.2. The van der Waals surface area contributed by atoms with E-state index in [-0.39, 0.29) is 24.2 Å². The molecule has 0 spiro atoms. The van der Waals surface area contributed by atoms with E-state index in [1.54, 1.807) is 25.1 Å². The molecule has 1 saturated heterocycles. The molecule has 0 unspecified atom stereocenters. The molecule has 3 N–H and O–H groups in total. The van der Waals surface area contributed by atoms with Gasteiger partial charge < -0.3 is 30.2 Å². The van der Waals surface area contributed by atoms with Crippen molar-refractivity contribution in [3.05, 3.63) is 89.5 Å². The molecule has 62 heavy (non-hydrogen) atoms. The van der Waals surface area contributed by atoms with Crippen molar-refractivity contribution in [3.63, 3.8) is 0 Å². The van der Waals surface area contributed by atoms with E-state index in [0.717, 1.165) is 52.2 Å². The summed E-state index contributed by atoms with van der Waals surface area (Å²) in [6, 6.07) is 13.1. The maximum Gasteiger partial charge on any atom is 0.320 e. The van der Waals surface area contributed by atoms with Crippen molar-refractivity contribution in [3.8, 4) is 0 Å². The number of ether oxygens (including phenoxy) is 3. The standard InChI is InChI=1S/C47H61N5O10/c1-10-46(7)36(29(4)15-14-28(2)3)24-38-47(46,37(53)27-60-42(57)26-51(8)9)62-45(61-38)34-18-16-32(17-19-34)22-33-12-11-13-35(23-33)50-44(59)31(6)49-43(58)30(5)48-39(54)25-52-40(55)20-21-41(52)56/h11-13,16-21,23,29-31,36,38,45H,2,10,14-15,22,24-27H2,1,3-9H3,(H,48,54)(H,49,58)(H,50,59)/t29-,30-,31-,36-,38+,45+,46-,47+/m0/s1. The number of benzene rings is 2. The first-order chi connectivity index (χ1) is 29.3. The molecule has 5 amide bonds. The Bertz CT molecular complexity index is 2070. The Kier molecular flexibility index (Phi) is 15.4. The predicted molar refractivity (Wildman–Crippen MR) is 231 cm³/mol. The molecule has 3 aliphatic rings. The number of carbonyl (C=O) groups is 7. The lowest BCUT2D eigenvalue weighted by Crippen LogP contribution is -2.57. The van der Waals surface area contributed by atoms with Gasteiger partial charge in [0.25, 0.3) is 11.8 Å². The van der Waals surface area contributed by atoms with E-state index < -0.39 is 84.2 Å². The third kappa shape index (κ3) is 10.7. The number of hydrogen-bond donors (Lipinski definition) is 3. The highest BCUT2D eigenvalue weighted by Crippen LogP contribution is 2.63. The van der Waals surface area contributed by atoms with E-state index >= 15 is 0 Å². The Hall–Kier alpha value is -5.51. The van der Waals surface area contributed by atoms with Gasteiger partial charge in [0.05, 0.1) is 12.6 Å². The fourth-order valence-corrected chi connectivity index (χ4v) is 8.86. The van der Waals surface area contributed by atoms with Crippen LogP contribution in [-0.2, 0) is 54.2 Å². The number of imide groups is 1. The number of anilines is 1. The molecule has 2 aliphatic heterocycles. The van der Waals surface area contributed by atoms with Crippen molar-refractivity contribution in [2.45, 2.75) is 104 Å². The number of rotatable bonds is 20. The number of nitrogens with one attached hydrogen (secondary N) is 3. The lowest BCUT2D eigenvalue weighted by Gasteiger charge is -2.45. The van der Waals surface area contributed by atoms with Crippen molar-refractivity contribution < 1.29 is 47.8 Å². The summed E-state index contributed by atoms with van der Waals surface area (Å²) in [4.78, 5) is 91.0. The van der Waals surface area contributed by atoms with Gasteiger partial charge in [0, 0.05) is 28.8 Å². The Labute approximate surface area is 364 Å². The molecule has 0 bridgehead atoms. The summed E-state index contributed by atoms with van der Waals surface area (Å²) in [5, 5.41) is 7.83. The maximum absolute atomic E-state index is 14.4. The van der Waals surface area contributed by atoms with Crippen LogP contribution in [0.4, 0.5) is 5.69 Å². The van der Waals surface area contributed by atoms with Crippen LogP contribution >= 0.6 is 0 Å². The number of amides is 5. The molecular weight excluding hydrogens is 795 g/mol. The van der Waals surface area contributed by atoms with Gasteiger partial charge in [-0.2, -0.15) is 0 Å². The van der Waals surface area contributed by atoms with E-state index in [2.05, 4.69) is 43.3 Å². The summed E-state index contributed by atoms with van der Waals surface area (Å²) in [6.07, 6.45) is 4.44. The fraction of sp³-hybridized carbons (Fsp3) is 0.511. The Morgan fingerprint density at radius 2 is 1.61 bits per heavy atom. The van der Waals surface area contributed by atoms with Gasteiger partial charge in [-0.1, -0.05) is 62.7 Å². The van der Waals surface area contributed by atoms with Crippen LogP contribution in [0.2, 0.25) is 0 Å². The Balaban J connectivity index is 1.21. The van der Waals surface area contributed by atoms with Crippen molar-refractivity contribution in [2.24, 2.45) is 17.3 Å². The lowest BCUT2D eigenvalue weighted by molar-refractivity contribution is -0.179. The highest BCUT2D eigenvalue weighted by molar-refractivity contribution is 6.14. The third-order valence-electron chi connectivity index (χ3n) is 12.4. The van der Waals surface area contributed by atoms with E-state index in [9.17, 15) is 33.6 Å². The zero-order chi connectivity index (χ0) is 45.5. The van der Waals surface area contributed by atoms with Gasteiger partial charge in [-0.15, -0.1) is 6.58 Å². The van der Waals surface area contributed by atoms with Crippen molar-refractivity contribution >= 4 is 47.0 Å². The number of carbonyl (C=O) groups excluding carboxylic acids is 7. The summed E-state index contributed by atoms with van der Waals surface area (Å²) in [7, 11) is 3.52. The van der Waals surface area contributed by atoms with Gasteiger partial charge in [0.1, 0.15) is 18.6 Å². The number of Topliss-reactive ketones (excluding diaryl/α,β-unsaturated/α-hetero) is 1. The summed E-state index contributed by atoms with van der Waals surface area (Å²) in [5.74, 6) is -3.41. The number of fused-ring (bicyclic) bond motifs is 1. The second-order valence-corrected chi connectivity index (χ2v) is 17.4. The SMILES string of the molecule is C=C(C)CC[C@H](C)[C@@H]1C[C@H]2O[C@@H](c3ccc(Cc4cccc(NC(=O)[C@H](C)NC(=O)[C@H](C)NC(=O)CN5C(=O)C=CC5=O)c4)cc3)O[C@@]2(C(=O)COC(=O)CN(C)C)[C@@]1(C)CC.